The quantitative estimate of drug-likeness (QED) is 0.856. The van der Waals surface area contributed by atoms with Crippen molar-refractivity contribution in [2.24, 2.45) is 0 Å². The van der Waals surface area contributed by atoms with E-state index in [2.05, 4.69) is 55.3 Å². The maximum absolute atomic E-state index is 3.55. The molecule has 0 radical (unpaired) electrons. The zero-order valence-corrected chi connectivity index (χ0v) is 12.7. The summed E-state index contributed by atoms with van der Waals surface area (Å²) in [4.78, 5) is 2.65. The van der Waals surface area contributed by atoms with Crippen LogP contribution in [-0.2, 0) is 0 Å². The molecule has 0 aromatic heterocycles. The Morgan fingerprint density at radius 3 is 2.79 bits per heavy atom. The molecule has 1 saturated heterocycles. The molecular formula is C17H28N2. The minimum absolute atomic E-state index is 0.431. The number of benzene rings is 1. The predicted molar refractivity (Wildman–Crippen MR) is 83.8 cm³/mol. The van der Waals surface area contributed by atoms with E-state index < -0.39 is 0 Å². The first-order valence-electron chi connectivity index (χ1n) is 7.86. The van der Waals surface area contributed by atoms with Gasteiger partial charge in [0.25, 0.3) is 0 Å². The van der Waals surface area contributed by atoms with Crippen molar-refractivity contribution in [2.75, 3.05) is 18.0 Å². The molecule has 2 rings (SSSR count). The van der Waals surface area contributed by atoms with Gasteiger partial charge in [-0.2, -0.15) is 0 Å². The fourth-order valence-electron chi connectivity index (χ4n) is 3.27. The zero-order valence-electron chi connectivity index (χ0n) is 12.7. The van der Waals surface area contributed by atoms with Crippen LogP contribution < -0.4 is 10.2 Å². The second kappa shape index (κ2) is 6.95. The molecule has 2 unspecified atom stereocenters. The summed E-state index contributed by atoms with van der Waals surface area (Å²) in [5, 5.41) is 3.55. The molecular weight excluding hydrogens is 232 g/mol. The second-order valence-electron chi connectivity index (χ2n) is 5.59. The van der Waals surface area contributed by atoms with E-state index in [9.17, 15) is 0 Å². The Labute approximate surface area is 118 Å². The largest absolute Gasteiger partial charge is 0.368 e. The highest BCUT2D eigenvalue weighted by molar-refractivity contribution is 5.56. The summed E-state index contributed by atoms with van der Waals surface area (Å²) in [7, 11) is 0. The minimum atomic E-state index is 0.431. The summed E-state index contributed by atoms with van der Waals surface area (Å²) in [6.07, 6.45) is 5.32. The third-order valence-corrected chi connectivity index (χ3v) is 4.32. The molecule has 2 atom stereocenters. The van der Waals surface area contributed by atoms with E-state index in [0.29, 0.717) is 6.04 Å². The summed E-state index contributed by atoms with van der Waals surface area (Å²) >= 11 is 0. The van der Waals surface area contributed by atoms with E-state index in [1.54, 1.807) is 0 Å². The predicted octanol–water partition coefficient (Wildman–Crippen LogP) is 4.13. The number of hydrogen-bond donors (Lipinski definition) is 1. The van der Waals surface area contributed by atoms with Crippen molar-refractivity contribution in [1.82, 2.24) is 5.32 Å². The summed E-state index contributed by atoms with van der Waals surface area (Å²) in [6.45, 7) is 9.00. The molecule has 0 saturated carbocycles. The van der Waals surface area contributed by atoms with E-state index in [1.165, 1.54) is 43.5 Å². The average molecular weight is 260 g/mol. The molecule has 0 amide bonds. The van der Waals surface area contributed by atoms with Crippen LogP contribution in [0, 0.1) is 0 Å². The van der Waals surface area contributed by atoms with Crippen molar-refractivity contribution in [2.45, 2.75) is 58.5 Å². The van der Waals surface area contributed by atoms with E-state index in [0.717, 1.165) is 12.6 Å². The van der Waals surface area contributed by atoms with Crippen LogP contribution >= 0.6 is 0 Å². The van der Waals surface area contributed by atoms with E-state index in [-0.39, 0.29) is 0 Å². The number of nitrogens with one attached hydrogen (secondary N) is 1. The van der Waals surface area contributed by atoms with Crippen molar-refractivity contribution < 1.29 is 0 Å². The molecule has 106 valence electrons. The Morgan fingerprint density at radius 1 is 1.26 bits per heavy atom. The van der Waals surface area contributed by atoms with Crippen LogP contribution in [0.4, 0.5) is 5.69 Å². The third kappa shape index (κ3) is 3.30. The normalized spacial score (nSPS) is 21.4. The molecule has 0 bridgehead atoms. The molecule has 2 heteroatoms. The Morgan fingerprint density at radius 2 is 2.05 bits per heavy atom. The van der Waals surface area contributed by atoms with Gasteiger partial charge in [-0.25, -0.2) is 0 Å². The first-order chi connectivity index (χ1) is 9.27. The standard InChI is InChI=1S/C17H28N2/c1-4-15-10-8-9-13-19(15)17-12-7-6-11-16(17)14(3)18-5-2/h6-7,11-12,14-15,18H,4-5,8-10,13H2,1-3H3. The van der Waals surface area contributed by atoms with Crippen LogP contribution in [0.1, 0.15) is 58.1 Å². The van der Waals surface area contributed by atoms with Gasteiger partial charge in [0.2, 0.25) is 0 Å². The maximum Gasteiger partial charge on any atom is 0.0417 e. The number of rotatable bonds is 5. The van der Waals surface area contributed by atoms with Gasteiger partial charge in [0.1, 0.15) is 0 Å². The zero-order chi connectivity index (χ0) is 13.7. The maximum atomic E-state index is 3.55. The highest BCUT2D eigenvalue weighted by atomic mass is 15.2. The number of para-hydroxylation sites is 1. The van der Waals surface area contributed by atoms with Gasteiger partial charge >= 0.3 is 0 Å². The van der Waals surface area contributed by atoms with Gasteiger partial charge in [-0.05, 0) is 50.8 Å². The third-order valence-electron chi connectivity index (χ3n) is 4.32. The monoisotopic (exact) mass is 260 g/mol. The molecule has 1 N–H and O–H groups in total. The van der Waals surface area contributed by atoms with Crippen molar-refractivity contribution in [1.29, 1.82) is 0 Å². The summed E-state index contributed by atoms with van der Waals surface area (Å²) in [5.41, 5.74) is 2.90. The Balaban J connectivity index is 2.27. The first kappa shape index (κ1) is 14.4. The van der Waals surface area contributed by atoms with E-state index in [4.69, 9.17) is 0 Å². The first-order valence-corrected chi connectivity index (χ1v) is 7.86. The molecule has 0 spiro atoms. The number of hydrogen-bond acceptors (Lipinski definition) is 2. The van der Waals surface area contributed by atoms with Crippen molar-refractivity contribution in [3.05, 3.63) is 29.8 Å². The summed E-state index contributed by atoms with van der Waals surface area (Å²) < 4.78 is 0. The van der Waals surface area contributed by atoms with Crippen LogP contribution in [0.25, 0.3) is 0 Å². The van der Waals surface area contributed by atoms with Crippen molar-refractivity contribution in [3.63, 3.8) is 0 Å². The number of nitrogens with zero attached hydrogens (tertiary/aromatic N) is 1. The van der Waals surface area contributed by atoms with Crippen LogP contribution in [0.5, 0.6) is 0 Å². The van der Waals surface area contributed by atoms with Crippen LogP contribution in [0.3, 0.4) is 0 Å². The average Bonchev–Trinajstić information content (AvgIpc) is 2.47. The lowest BCUT2D eigenvalue weighted by molar-refractivity contribution is 0.447. The molecule has 19 heavy (non-hydrogen) atoms. The molecule has 1 aliphatic heterocycles. The van der Waals surface area contributed by atoms with Gasteiger partial charge in [-0.15, -0.1) is 0 Å². The lowest BCUT2D eigenvalue weighted by Gasteiger charge is -2.39. The van der Waals surface area contributed by atoms with Crippen molar-refractivity contribution in [3.8, 4) is 0 Å². The van der Waals surface area contributed by atoms with Gasteiger partial charge in [-0.3, -0.25) is 0 Å². The SMILES string of the molecule is CCNC(C)c1ccccc1N1CCCCC1CC. The van der Waals surface area contributed by atoms with Gasteiger partial charge in [0, 0.05) is 24.3 Å². The highest BCUT2D eigenvalue weighted by Gasteiger charge is 2.23. The molecule has 1 fully saturated rings. The van der Waals surface area contributed by atoms with Gasteiger partial charge in [0.15, 0.2) is 0 Å². The molecule has 1 heterocycles. The van der Waals surface area contributed by atoms with Crippen molar-refractivity contribution >= 4 is 5.69 Å². The van der Waals surface area contributed by atoms with Gasteiger partial charge in [-0.1, -0.05) is 32.0 Å². The fraction of sp³-hybridized carbons (Fsp3) is 0.647. The minimum Gasteiger partial charge on any atom is -0.368 e. The topological polar surface area (TPSA) is 15.3 Å². The lowest BCUT2D eigenvalue weighted by Crippen LogP contribution is -2.40. The van der Waals surface area contributed by atoms with E-state index >= 15 is 0 Å². The Bertz CT molecular complexity index is 389. The van der Waals surface area contributed by atoms with Crippen LogP contribution in [0.2, 0.25) is 0 Å². The van der Waals surface area contributed by atoms with Crippen LogP contribution in [0.15, 0.2) is 24.3 Å². The molecule has 0 aliphatic carbocycles. The van der Waals surface area contributed by atoms with Crippen LogP contribution in [-0.4, -0.2) is 19.1 Å². The smallest absolute Gasteiger partial charge is 0.0417 e. The molecule has 2 nitrogen and oxygen atoms in total. The fourth-order valence-corrected chi connectivity index (χ4v) is 3.27. The number of piperidine rings is 1. The Hall–Kier alpha value is -1.02. The lowest BCUT2D eigenvalue weighted by atomic mass is 9.96. The number of anilines is 1. The highest BCUT2D eigenvalue weighted by Crippen LogP contribution is 2.32. The van der Waals surface area contributed by atoms with Gasteiger partial charge < -0.3 is 10.2 Å². The van der Waals surface area contributed by atoms with E-state index in [1.807, 2.05) is 0 Å². The molecule has 1 aliphatic rings. The second-order valence-corrected chi connectivity index (χ2v) is 5.59. The molecule has 1 aromatic carbocycles. The van der Waals surface area contributed by atoms with Gasteiger partial charge in [0.05, 0.1) is 0 Å². The summed E-state index contributed by atoms with van der Waals surface area (Å²) in [5.74, 6) is 0. The summed E-state index contributed by atoms with van der Waals surface area (Å²) in [6, 6.07) is 10.1. The molecule has 1 aromatic rings. The Kier molecular flexibility index (Phi) is 5.26.